The molecule has 0 spiro atoms. The third-order valence-corrected chi connectivity index (χ3v) is 2.87. The lowest BCUT2D eigenvalue weighted by atomic mass is 10.1. The Morgan fingerprint density at radius 2 is 2.18 bits per heavy atom. The third-order valence-electron chi connectivity index (χ3n) is 2.31. The number of nitrogens with two attached hydrogens (primary N) is 1. The van der Waals surface area contributed by atoms with E-state index in [1.807, 2.05) is 6.92 Å². The lowest BCUT2D eigenvalue weighted by Crippen LogP contribution is -2.26. The van der Waals surface area contributed by atoms with E-state index >= 15 is 0 Å². The minimum Gasteiger partial charge on any atom is -0.327 e. The van der Waals surface area contributed by atoms with Crippen molar-refractivity contribution in [2.45, 2.75) is 32.2 Å². The van der Waals surface area contributed by atoms with Crippen LogP contribution in [0.5, 0.6) is 0 Å². The molecule has 0 saturated carbocycles. The highest BCUT2D eigenvalue weighted by Crippen LogP contribution is 2.25. The minimum atomic E-state index is -0.143. The van der Waals surface area contributed by atoms with Crippen molar-refractivity contribution in [3.8, 4) is 0 Å². The lowest BCUT2D eigenvalue weighted by molar-refractivity contribution is -0.116. The van der Waals surface area contributed by atoms with Crippen LogP contribution in [-0.2, 0) is 4.79 Å². The Hall–Kier alpha value is -0.770. The minimum absolute atomic E-state index is 0.113. The van der Waals surface area contributed by atoms with Crippen LogP contribution < -0.4 is 11.1 Å². The standard InChI is InChI=1S/C12H16Cl2N2O/c1-2-3-9(15)7-12(17)16-11-6-8(13)4-5-10(11)14/h4-6,9H,2-3,7,15H2,1H3,(H,16,17). The van der Waals surface area contributed by atoms with Crippen LogP contribution in [0, 0.1) is 0 Å². The van der Waals surface area contributed by atoms with Crippen molar-refractivity contribution in [3.63, 3.8) is 0 Å². The van der Waals surface area contributed by atoms with Gasteiger partial charge in [-0.15, -0.1) is 0 Å². The van der Waals surface area contributed by atoms with E-state index in [4.69, 9.17) is 28.9 Å². The zero-order valence-corrected chi connectivity index (χ0v) is 11.2. The molecule has 0 radical (unpaired) electrons. The Morgan fingerprint density at radius 3 is 2.82 bits per heavy atom. The molecule has 1 unspecified atom stereocenters. The van der Waals surface area contributed by atoms with Gasteiger partial charge < -0.3 is 11.1 Å². The summed E-state index contributed by atoms with van der Waals surface area (Å²) in [7, 11) is 0. The zero-order chi connectivity index (χ0) is 12.8. The van der Waals surface area contributed by atoms with Crippen molar-refractivity contribution >= 4 is 34.8 Å². The van der Waals surface area contributed by atoms with E-state index in [-0.39, 0.29) is 18.4 Å². The largest absolute Gasteiger partial charge is 0.327 e. The number of amides is 1. The number of hydrogen-bond acceptors (Lipinski definition) is 2. The molecule has 1 rings (SSSR count). The first-order chi connectivity index (χ1) is 8.02. The molecular weight excluding hydrogens is 259 g/mol. The number of benzene rings is 1. The van der Waals surface area contributed by atoms with Crippen LogP contribution in [0.1, 0.15) is 26.2 Å². The number of nitrogens with one attached hydrogen (secondary N) is 1. The molecule has 0 fully saturated rings. The molecule has 0 aliphatic heterocycles. The average Bonchev–Trinajstić information content (AvgIpc) is 2.23. The molecule has 3 nitrogen and oxygen atoms in total. The molecule has 0 aromatic heterocycles. The van der Waals surface area contributed by atoms with E-state index in [1.54, 1.807) is 18.2 Å². The van der Waals surface area contributed by atoms with Crippen molar-refractivity contribution in [2.24, 2.45) is 5.73 Å². The van der Waals surface area contributed by atoms with Crippen molar-refractivity contribution in [1.29, 1.82) is 0 Å². The van der Waals surface area contributed by atoms with Crippen molar-refractivity contribution in [3.05, 3.63) is 28.2 Å². The number of halogens is 2. The van der Waals surface area contributed by atoms with E-state index in [0.717, 1.165) is 12.8 Å². The summed E-state index contributed by atoms with van der Waals surface area (Å²) in [5, 5.41) is 3.70. The predicted octanol–water partition coefficient (Wildman–Crippen LogP) is 3.45. The van der Waals surface area contributed by atoms with Gasteiger partial charge in [-0.2, -0.15) is 0 Å². The maximum atomic E-state index is 11.7. The molecular formula is C12H16Cl2N2O. The fraction of sp³-hybridized carbons (Fsp3) is 0.417. The zero-order valence-electron chi connectivity index (χ0n) is 9.67. The Kier molecular flexibility index (Phi) is 5.75. The van der Waals surface area contributed by atoms with Gasteiger partial charge in [0.2, 0.25) is 5.91 Å². The highest BCUT2D eigenvalue weighted by molar-refractivity contribution is 6.35. The first-order valence-corrected chi connectivity index (χ1v) is 6.29. The number of anilines is 1. The fourth-order valence-electron chi connectivity index (χ4n) is 1.51. The van der Waals surface area contributed by atoms with E-state index in [0.29, 0.717) is 15.7 Å². The molecule has 0 heterocycles. The molecule has 1 aromatic carbocycles. The van der Waals surface area contributed by atoms with E-state index < -0.39 is 0 Å². The Bertz CT molecular complexity index is 396. The number of carbonyl (C=O) groups excluding carboxylic acids is 1. The van der Waals surface area contributed by atoms with Gasteiger partial charge in [0.1, 0.15) is 0 Å². The molecule has 1 atom stereocenters. The summed E-state index contributed by atoms with van der Waals surface area (Å²) in [6, 6.07) is 4.82. The summed E-state index contributed by atoms with van der Waals surface area (Å²) in [4.78, 5) is 11.7. The summed E-state index contributed by atoms with van der Waals surface area (Å²) >= 11 is 11.8. The van der Waals surface area contributed by atoms with Crippen LogP contribution >= 0.6 is 23.2 Å². The SMILES string of the molecule is CCCC(N)CC(=O)Nc1cc(Cl)ccc1Cl. The first-order valence-electron chi connectivity index (χ1n) is 5.53. The van der Waals surface area contributed by atoms with Crippen LogP contribution in [0.25, 0.3) is 0 Å². The Balaban J connectivity index is 2.58. The highest BCUT2D eigenvalue weighted by Gasteiger charge is 2.10. The van der Waals surface area contributed by atoms with Crippen LogP contribution in [-0.4, -0.2) is 11.9 Å². The maximum absolute atomic E-state index is 11.7. The second-order valence-corrected chi connectivity index (χ2v) is 4.77. The Labute approximate surface area is 111 Å². The van der Waals surface area contributed by atoms with Crippen LogP contribution in [0.4, 0.5) is 5.69 Å². The first kappa shape index (κ1) is 14.3. The molecule has 0 aliphatic rings. The normalized spacial score (nSPS) is 12.2. The molecule has 94 valence electrons. The topological polar surface area (TPSA) is 55.1 Å². The van der Waals surface area contributed by atoms with Crippen LogP contribution in [0.15, 0.2) is 18.2 Å². The molecule has 5 heteroatoms. The smallest absolute Gasteiger partial charge is 0.225 e. The van der Waals surface area contributed by atoms with Gasteiger partial charge in [-0.05, 0) is 24.6 Å². The molecule has 0 aliphatic carbocycles. The summed E-state index contributed by atoms with van der Waals surface area (Å²) in [6.45, 7) is 2.03. The van der Waals surface area contributed by atoms with Gasteiger partial charge in [0.05, 0.1) is 10.7 Å². The monoisotopic (exact) mass is 274 g/mol. The quantitative estimate of drug-likeness (QED) is 0.864. The van der Waals surface area contributed by atoms with Gasteiger partial charge >= 0.3 is 0 Å². The highest BCUT2D eigenvalue weighted by atomic mass is 35.5. The van der Waals surface area contributed by atoms with E-state index in [1.165, 1.54) is 0 Å². The van der Waals surface area contributed by atoms with Crippen LogP contribution in [0.3, 0.4) is 0 Å². The van der Waals surface area contributed by atoms with Crippen LogP contribution in [0.2, 0.25) is 10.0 Å². The van der Waals surface area contributed by atoms with Gasteiger partial charge in [-0.25, -0.2) is 0 Å². The summed E-state index contributed by atoms with van der Waals surface area (Å²) in [5.41, 5.74) is 6.31. The van der Waals surface area contributed by atoms with Gasteiger partial charge in [-0.1, -0.05) is 36.5 Å². The lowest BCUT2D eigenvalue weighted by Gasteiger charge is -2.11. The maximum Gasteiger partial charge on any atom is 0.225 e. The van der Waals surface area contributed by atoms with Crippen molar-refractivity contribution in [2.75, 3.05) is 5.32 Å². The van der Waals surface area contributed by atoms with Gasteiger partial charge in [0.25, 0.3) is 0 Å². The van der Waals surface area contributed by atoms with Crippen molar-refractivity contribution in [1.82, 2.24) is 0 Å². The van der Waals surface area contributed by atoms with Gasteiger partial charge in [-0.3, -0.25) is 4.79 Å². The number of rotatable bonds is 5. The summed E-state index contributed by atoms with van der Waals surface area (Å²) in [6.07, 6.45) is 2.08. The summed E-state index contributed by atoms with van der Waals surface area (Å²) < 4.78 is 0. The van der Waals surface area contributed by atoms with Crippen molar-refractivity contribution < 1.29 is 4.79 Å². The second kappa shape index (κ2) is 6.84. The Morgan fingerprint density at radius 1 is 1.47 bits per heavy atom. The molecule has 1 aromatic rings. The molecule has 17 heavy (non-hydrogen) atoms. The molecule has 0 saturated heterocycles. The average molecular weight is 275 g/mol. The fourth-order valence-corrected chi connectivity index (χ4v) is 1.84. The molecule has 1 amide bonds. The van der Waals surface area contributed by atoms with E-state index in [2.05, 4.69) is 5.32 Å². The summed E-state index contributed by atoms with van der Waals surface area (Å²) in [5.74, 6) is -0.143. The number of carbonyl (C=O) groups is 1. The van der Waals surface area contributed by atoms with E-state index in [9.17, 15) is 4.79 Å². The molecule has 3 N–H and O–H groups in total. The second-order valence-electron chi connectivity index (χ2n) is 3.93. The predicted molar refractivity (Wildman–Crippen MR) is 72.6 cm³/mol. The van der Waals surface area contributed by atoms with Gasteiger partial charge in [0, 0.05) is 17.5 Å². The third kappa shape index (κ3) is 4.94. The van der Waals surface area contributed by atoms with Gasteiger partial charge in [0.15, 0.2) is 0 Å². The number of hydrogen-bond donors (Lipinski definition) is 2. The molecule has 0 bridgehead atoms.